The SMILES string of the molecule is CCCNC(CO)CCSc1ccc2c(c1)CCC2. The Kier molecular flexibility index (Phi) is 6.21. The Balaban J connectivity index is 1.75. The fourth-order valence-corrected chi connectivity index (χ4v) is 3.59. The molecule has 1 aromatic carbocycles. The minimum Gasteiger partial charge on any atom is -0.395 e. The van der Waals surface area contributed by atoms with Gasteiger partial charge in [-0.1, -0.05) is 13.0 Å². The molecule has 19 heavy (non-hydrogen) atoms. The molecule has 3 heteroatoms. The van der Waals surface area contributed by atoms with Crippen LogP contribution in [0.4, 0.5) is 0 Å². The van der Waals surface area contributed by atoms with Crippen molar-refractivity contribution in [1.82, 2.24) is 5.32 Å². The van der Waals surface area contributed by atoms with Crippen LogP contribution in [0.2, 0.25) is 0 Å². The van der Waals surface area contributed by atoms with Gasteiger partial charge in [0.1, 0.15) is 0 Å². The van der Waals surface area contributed by atoms with Crippen LogP contribution in [0.25, 0.3) is 0 Å². The van der Waals surface area contributed by atoms with E-state index in [0.717, 1.165) is 25.1 Å². The van der Waals surface area contributed by atoms with Gasteiger partial charge >= 0.3 is 0 Å². The van der Waals surface area contributed by atoms with Crippen LogP contribution in [-0.2, 0) is 12.8 Å². The van der Waals surface area contributed by atoms with Gasteiger partial charge < -0.3 is 10.4 Å². The van der Waals surface area contributed by atoms with E-state index in [0.29, 0.717) is 0 Å². The highest BCUT2D eigenvalue weighted by atomic mass is 32.2. The lowest BCUT2D eigenvalue weighted by Crippen LogP contribution is -2.33. The monoisotopic (exact) mass is 279 g/mol. The Morgan fingerprint density at radius 3 is 2.95 bits per heavy atom. The first-order valence-corrected chi connectivity index (χ1v) is 8.41. The third-order valence-electron chi connectivity index (χ3n) is 3.71. The van der Waals surface area contributed by atoms with Crippen molar-refractivity contribution in [3.05, 3.63) is 29.3 Å². The highest BCUT2D eigenvalue weighted by Gasteiger charge is 2.11. The zero-order valence-electron chi connectivity index (χ0n) is 11.8. The first-order valence-electron chi connectivity index (χ1n) is 7.42. The van der Waals surface area contributed by atoms with Crippen molar-refractivity contribution in [3.63, 3.8) is 0 Å². The van der Waals surface area contributed by atoms with Crippen LogP contribution in [0.3, 0.4) is 0 Å². The Hall–Kier alpha value is -0.510. The van der Waals surface area contributed by atoms with Crippen LogP contribution >= 0.6 is 11.8 Å². The topological polar surface area (TPSA) is 32.3 Å². The van der Waals surface area contributed by atoms with Crippen LogP contribution in [0.5, 0.6) is 0 Å². The maximum absolute atomic E-state index is 9.30. The van der Waals surface area contributed by atoms with Gasteiger partial charge in [-0.25, -0.2) is 0 Å². The molecular formula is C16H25NOS. The second-order valence-electron chi connectivity index (χ2n) is 5.25. The lowest BCUT2D eigenvalue weighted by Gasteiger charge is -2.15. The van der Waals surface area contributed by atoms with Crippen LogP contribution in [0.1, 0.15) is 37.3 Å². The Morgan fingerprint density at radius 1 is 1.32 bits per heavy atom. The van der Waals surface area contributed by atoms with Gasteiger partial charge in [0.2, 0.25) is 0 Å². The number of hydrogen-bond acceptors (Lipinski definition) is 3. The summed E-state index contributed by atoms with van der Waals surface area (Å²) in [6.45, 7) is 3.39. The molecule has 2 nitrogen and oxygen atoms in total. The zero-order valence-corrected chi connectivity index (χ0v) is 12.6. The van der Waals surface area contributed by atoms with E-state index in [-0.39, 0.29) is 12.6 Å². The molecule has 0 spiro atoms. The van der Waals surface area contributed by atoms with Crippen LogP contribution in [-0.4, -0.2) is 30.1 Å². The summed E-state index contributed by atoms with van der Waals surface area (Å²) >= 11 is 1.91. The fraction of sp³-hybridized carbons (Fsp3) is 0.625. The molecule has 0 saturated carbocycles. The summed E-state index contributed by atoms with van der Waals surface area (Å²) in [5.74, 6) is 1.07. The van der Waals surface area contributed by atoms with E-state index >= 15 is 0 Å². The summed E-state index contributed by atoms with van der Waals surface area (Å²) in [6.07, 6.45) is 5.97. The van der Waals surface area contributed by atoms with Crippen molar-refractivity contribution < 1.29 is 5.11 Å². The van der Waals surface area contributed by atoms with E-state index in [1.54, 1.807) is 11.1 Å². The smallest absolute Gasteiger partial charge is 0.0584 e. The second-order valence-corrected chi connectivity index (χ2v) is 6.42. The van der Waals surface area contributed by atoms with Gasteiger partial charge in [0, 0.05) is 10.9 Å². The van der Waals surface area contributed by atoms with Gasteiger partial charge in [-0.3, -0.25) is 0 Å². The lowest BCUT2D eigenvalue weighted by molar-refractivity contribution is 0.240. The minimum atomic E-state index is 0.241. The van der Waals surface area contributed by atoms with E-state index < -0.39 is 0 Å². The third kappa shape index (κ3) is 4.51. The third-order valence-corrected chi connectivity index (χ3v) is 4.74. The van der Waals surface area contributed by atoms with Gasteiger partial charge in [-0.2, -0.15) is 0 Å². The van der Waals surface area contributed by atoms with Crippen molar-refractivity contribution in [1.29, 1.82) is 0 Å². The van der Waals surface area contributed by atoms with Crippen molar-refractivity contribution in [3.8, 4) is 0 Å². The molecule has 0 aliphatic heterocycles. The summed E-state index contributed by atoms with van der Waals surface area (Å²) in [5, 5.41) is 12.7. The molecule has 2 rings (SSSR count). The molecule has 1 atom stereocenters. The van der Waals surface area contributed by atoms with Gasteiger partial charge in [0.25, 0.3) is 0 Å². The predicted molar refractivity (Wildman–Crippen MR) is 83.0 cm³/mol. The number of hydrogen-bond donors (Lipinski definition) is 2. The number of aliphatic hydroxyl groups is 1. The van der Waals surface area contributed by atoms with Gasteiger partial charge in [-0.05, 0) is 67.7 Å². The average molecular weight is 279 g/mol. The zero-order chi connectivity index (χ0) is 13.5. The molecule has 0 amide bonds. The van der Waals surface area contributed by atoms with Gasteiger partial charge in [-0.15, -0.1) is 11.8 Å². The Labute approximate surface area is 121 Å². The van der Waals surface area contributed by atoms with Crippen molar-refractivity contribution >= 4 is 11.8 Å². The first-order chi connectivity index (χ1) is 9.33. The molecule has 0 fully saturated rings. The Morgan fingerprint density at radius 2 is 2.16 bits per heavy atom. The average Bonchev–Trinajstić information content (AvgIpc) is 2.90. The number of thioether (sulfide) groups is 1. The van der Waals surface area contributed by atoms with Crippen LogP contribution in [0.15, 0.2) is 23.1 Å². The van der Waals surface area contributed by atoms with Crippen LogP contribution in [0, 0.1) is 0 Å². The molecule has 106 valence electrons. The molecule has 0 saturated heterocycles. The summed E-state index contributed by atoms with van der Waals surface area (Å²) in [5.41, 5.74) is 3.09. The Bertz CT molecular complexity index is 394. The molecule has 1 aliphatic carbocycles. The normalized spacial score (nSPS) is 15.5. The molecule has 0 radical (unpaired) electrons. The number of aryl methyl sites for hydroxylation is 2. The maximum atomic E-state index is 9.30. The summed E-state index contributed by atoms with van der Waals surface area (Å²) in [6, 6.07) is 7.16. The second kappa shape index (κ2) is 7.93. The van der Waals surface area contributed by atoms with E-state index in [4.69, 9.17) is 0 Å². The molecule has 0 aromatic heterocycles. The molecule has 0 heterocycles. The number of aliphatic hydroxyl groups excluding tert-OH is 1. The number of nitrogens with one attached hydrogen (secondary N) is 1. The van der Waals surface area contributed by atoms with Crippen molar-refractivity contribution in [2.75, 3.05) is 18.9 Å². The number of rotatable bonds is 8. The molecule has 1 aliphatic rings. The quantitative estimate of drug-likeness (QED) is 0.718. The van der Waals surface area contributed by atoms with E-state index in [2.05, 4.69) is 30.4 Å². The summed E-state index contributed by atoms with van der Waals surface area (Å²) in [7, 11) is 0. The predicted octanol–water partition coefficient (Wildman–Crippen LogP) is 3.02. The minimum absolute atomic E-state index is 0.241. The fourth-order valence-electron chi connectivity index (χ4n) is 2.56. The molecule has 1 aromatic rings. The summed E-state index contributed by atoms with van der Waals surface area (Å²) < 4.78 is 0. The van der Waals surface area contributed by atoms with E-state index in [1.807, 2.05) is 11.8 Å². The standard InChI is InChI=1S/C16H25NOS/c1-2-9-17-15(12-18)8-10-19-16-7-6-13-4-3-5-14(13)11-16/h6-7,11,15,17-18H,2-5,8-10,12H2,1H3. The largest absolute Gasteiger partial charge is 0.395 e. The van der Waals surface area contributed by atoms with Gasteiger partial charge in [0.15, 0.2) is 0 Å². The molecule has 2 N–H and O–H groups in total. The van der Waals surface area contributed by atoms with Crippen molar-refractivity contribution in [2.45, 2.75) is 50.0 Å². The number of fused-ring (bicyclic) bond motifs is 1. The molecule has 1 unspecified atom stereocenters. The first kappa shape index (κ1) is 14.9. The summed E-state index contributed by atoms with van der Waals surface area (Å²) in [4.78, 5) is 1.38. The van der Waals surface area contributed by atoms with E-state index in [9.17, 15) is 5.11 Å². The van der Waals surface area contributed by atoms with Gasteiger partial charge in [0.05, 0.1) is 6.61 Å². The number of benzene rings is 1. The van der Waals surface area contributed by atoms with E-state index in [1.165, 1.54) is 24.2 Å². The highest BCUT2D eigenvalue weighted by Crippen LogP contribution is 2.27. The molecular weight excluding hydrogens is 254 g/mol. The highest BCUT2D eigenvalue weighted by molar-refractivity contribution is 7.99. The van der Waals surface area contributed by atoms with Crippen molar-refractivity contribution in [2.24, 2.45) is 0 Å². The lowest BCUT2D eigenvalue weighted by atomic mass is 10.1. The maximum Gasteiger partial charge on any atom is 0.0584 e. The van der Waals surface area contributed by atoms with Crippen LogP contribution < -0.4 is 5.32 Å². The molecule has 0 bridgehead atoms.